The van der Waals surface area contributed by atoms with Crippen molar-refractivity contribution in [3.05, 3.63) is 81.9 Å². The van der Waals surface area contributed by atoms with Gasteiger partial charge in [0.25, 0.3) is 0 Å². The quantitative estimate of drug-likeness (QED) is 0.272. The van der Waals surface area contributed by atoms with E-state index in [0.717, 1.165) is 25.5 Å². The lowest BCUT2D eigenvalue weighted by Crippen LogP contribution is -1.95. The molecule has 25 heavy (non-hydrogen) atoms. The number of fused-ring (bicyclic) bond motifs is 4. The van der Waals surface area contributed by atoms with Crippen LogP contribution in [0.15, 0.2) is 81.9 Å². The standard InChI is InChI=1S/C21H12Br2N2/c22-13-6-8-15-16-9-7-14(23)12-21(16)25(20(15)11-13)19-5-1-4-18-17(19)3-2-10-24-18/h1-12H. The van der Waals surface area contributed by atoms with Crippen LogP contribution >= 0.6 is 31.9 Å². The minimum atomic E-state index is 1.000. The molecule has 0 spiro atoms. The molecule has 0 saturated heterocycles. The third-order valence-electron chi connectivity index (χ3n) is 4.56. The Hall–Kier alpha value is -2.17. The lowest BCUT2D eigenvalue weighted by Gasteiger charge is -2.11. The highest BCUT2D eigenvalue weighted by Crippen LogP contribution is 2.36. The van der Waals surface area contributed by atoms with Crippen LogP contribution in [0, 0.1) is 0 Å². The minimum absolute atomic E-state index is 1.000. The normalized spacial score (nSPS) is 11.6. The predicted molar refractivity (Wildman–Crippen MR) is 111 cm³/mol. The fraction of sp³-hybridized carbons (Fsp3) is 0. The van der Waals surface area contributed by atoms with Gasteiger partial charge in [-0.1, -0.05) is 50.1 Å². The first-order valence-electron chi connectivity index (χ1n) is 7.96. The fourth-order valence-corrected chi connectivity index (χ4v) is 4.20. The summed E-state index contributed by atoms with van der Waals surface area (Å²) in [6, 6.07) is 23.3. The van der Waals surface area contributed by atoms with Gasteiger partial charge in [0.1, 0.15) is 0 Å². The van der Waals surface area contributed by atoms with Gasteiger partial charge in [0.15, 0.2) is 0 Å². The molecule has 2 aromatic heterocycles. The highest BCUT2D eigenvalue weighted by molar-refractivity contribution is 9.10. The maximum atomic E-state index is 4.52. The van der Waals surface area contributed by atoms with E-state index in [0.29, 0.717) is 0 Å². The molecule has 0 radical (unpaired) electrons. The zero-order valence-corrected chi connectivity index (χ0v) is 16.3. The Bertz CT molecular complexity index is 1210. The Morgan fingerprint density at radius 3 is 2.04 bits per heavy atom. The number of halogens is 2. The van der Waals surface area contributed by atoms with Gasteiger partial charge in [0.2, 0.25) is 0 Å². The minimum Gasteiger partial charge on any atom is -0.308 e. The molecule has 3 aromatic carbocycles. The van der Waals surface area contributed by atoms with Gasteiger partial charge in [-0.15, -0.1) is 0 Å². The molecule has 0 aliphatic heterocycles. The highest BCUT2D eigenvalue weighted by atomic mass is 79.9. The van der Waals surface area contributed by atoms with Crippen LogP contribution in [0.1, 0.15) is 0 Å². The molecule has 0 aliphatic rings. The van der Waals surface area contributed by atoms with Gasteiger partial charge < -0.3 is 4.57 Å². The monoisotopic (exact) mass is 450 g/mol. The van der Waals surface area contributed by atoms with Crippen molar-refractivity contribution in [3.8, 4) is 5.69 Å². The van der Waals surface area contributed by atoms with Gasteiger partial charge in [-0.3, -0.25) is 4.98 Å². The molecule has 5 rings (SSSR count). The number of pyridine rings is 1. The van der Waals surface area contributed by atoms with Crippen LogP contribution in [-0.2, 0) is 0 Å². The van der Waals surface area contributed by atoms with E-state index in [1.165, 1.54) is 21.8 Å². The number of hydrogen-bond donors (Lipinski definition) is 0. The fourth-order valence-electron chi connectivity index (χ4n) is 3.51. The molecule has 0 bridgehead atoms. The lowest BCUT2D eigenvalue weighted by atomic mass is 10.1. The van der Waals surface area contributed by atoms with Gasteiger partial charge in [-0.05, 0) is 48.5 Å². The Morgan fingerprint density at radius 1 is 0.680 bits per heavy atom. The van der Waals surface area contributed by atoms with Crippen LogP contribution in [0.25, 0.3) is 38.4 Å². The molecule has 0 aliphatic carbocycles. The summed E-state index contributed by atoms with van der Waals surface area (Å²) < 4.78 is 4.47. The summed E-state index contributed by atoms with van der Waals surface area (Å²) in [5.41, 5.74) is 4.50. The van der Waals surface area contributed by atoms with Crippen molar-refractivity contribution >= 4 is 64.6 Å². The van der Waals surface area contributed by atoms with E-state index >= 15 is 0 Å². The summed E-state index contributed by atoms with van der Waals surface area (Å²) in [4.78, 5) is 4.52. The van der Waals surface area contributed by atoms with Crippen LogP contribution in [0.4, 0.5) is 0 Å². The molecule has 2 nitrogen and oxygen atoms in total. The van der Waals surface area contributed by atoms with Crippen LogP contribution < -0.4 is 0 Å². The van der Waals surface area contributed by atoms with Crippen LogP contribution in [0.3, 0.4) is 0 Å². The second kappa shape index (κ2) is 5.68. The lowest BCUT2D eigenvalue weighted by molar-refractivity contribution is 1.19. The number of hydrogen-bond acceptors (Lipinski definition) is 1. The van der Waals surface area contributed by atoms with Gasteiger partial charge in [0.05, 0.1) is 22.2 Å². The highest BCUT2D eigenvalue weighted by Gasteiger charge is 2.14. The van der Waals surface area contributed by atoms with Crippen molar-refractivity contribution in [2.45, 2.75) is 0 Å². The van der Waals surface area contributed by atoms with E-state index in [1.54, 1.807) is 0 Å². The molecule has 0 atom stereocenters. The first-order chi connectivity index (χ1) is 12.2. The zero-order valence-electron chi connectivity index (χ0n) is 13.1. The second-order valence-corrected chi connectivity index (χ2v) is 7.84. The summed E-state index contributed by atoms with van der Waals surface area (Å²) in [6.45, 7) is 0. The van der Waals surface area contributed by atoms with Crippen molar-refractivity contribution < 1.29 is 0 Å². The van der Waals surface area contributed by atoms with E-state index in [4.69, 9.17) is 0 Å². The van der Waals surface area contributed by atoms with E-state index in [9.17, 15) is 0 Å². The first kappa shape index (κ1) is 15.1. The SMILES string of the molecule is Brc1ccc2c3ccc(Br)cc3n(-c3cccc4ncccc34)c2c1. The predicted octanol–water partition coefficient (Wildman–Crippen LogP) is 6.86. The van der Waals surface area contributed by atoms with E-state index < -0.39 is 0 Å². The number of benzene rings is 3. The largest absolute Gasteiger partial charge is 0.308 e. The summed E-state index contributed by atoms with van der Waals surface area (Å²) >= 11 is 7.25. The summed E-state index contributed by atoms with van der Waals surface area (Å²) in [6.07, 6.45) is 1.84. The number of aromatic nitrogens is 2. The first-order valence-corrected chi connectivity index (χ1v) is 9.54. The Labute approximate surface area is 161 Å². The van der Waals surface area contributed by atoms with E-state index in [1.807, 2.05) is 12.3 Å². The van der Waals surface area contributed by atoms with Crippen LogP contribution in [0.5, 0.6) is 0 Å². The Kier molecular flexibility index (Phi) is 3.43. The molecule has 4 heteroatoms. The molecule has 120 valence electrons. The number of nitrogens with zero attached hydrogens (tertiary/aromatic N) is 2. The number of rotatable bonds is 1. The van der Waals surface area contributed by atoms with Gasteiger partial charge in [0, 0.05) is 31.3 Å². The molecular formula is C21H12Br2N2. The van der Waals surface area contributed by atoms with Crippen molar-refractivity contribution in [1.82, 2.24) is 9.55 Å². The van der Waals surface area contributed by atoms with Gasteiger partial charge in [-0.25, -0.2) is 0 Å². The average molecular weight is 452 g/mol. The molecule has 0 saturated carbocycles. The molecular weight excluding hydrogens is 440 g/mol. The molecule has 0 fully saturated rings. The van der Waals surface area contributed by atoms with Gasteiger partial charge >= 0.3 is 0 Å². The Morgan fingerprint density at radius 2 is 1.36 bits per heavy atom. The summed E-state index contributed by atoms with van der Waals surface area (Å²) in [7, 11) is 0. The molecule has 0 amide bonds. The smallest absolute Gasteiger partial charge is 0.0723 e. The summed E-state index contributed by atoms with van der Waals surface area (Å²) in [5.74, 6) is 0. The van der Waals surface area contributed by atoms with E-state index in [-0.39, 0.29) is 0 Å². The zero-order chi connectivity index (χ0) is 17.0. The van der Waals surface area contributed by atoms with Crippen molar-refractivity contribution in [2.75, 3.05) is 0 Å². The molecule has 0 N–H and O–H groups in total. The van der Waals surface area contributed by atoms with Gasteiger partial charge in [-0.2, -0.15) is 0 Å². The molecule has 0 unspecified atom stereocenters. The molecule has 5 aromatic rings. The Balaban J connectivity index is 2.03. The summed E-state index contributed by atoms with van der Waals surface area (Å²) in [5, 5.41) is 3.63. The third-order valence-corrected chi connectivity index (χ3v) is 5.54. The second-order valence-electron chi connectivity index (χ2n) is 6.01. The van der Waals surface area contributed by atoms with E-state index in [2.05, 4.69) is 102 Å². The average Bonchev–Trinajstić information content (AvgIpc) is 2.93. The van der Waals surface area contributed by atoms with Crippen molar-refractivity contribution in [3.63, 3.8) is 0 Å². The van der Waals surface area contributed by atoms with Crippen LogP contribution in [0.2, 0.25) is 0 Å². The third kappa shape index (κ3) is 2.32. The van der Waals surface area contributed by atoms with Crippen LogP contribution in [-0.4, -0.2) is 9.55 Å². The van der Waals surface area contributed by atoms with Crippen molar-refractivity contribution in [2.24, 2.45) is 0 Å². The topological polar surface area (TPSA) is 17.8 Å². The maximum absolute atomic E-state index is 4.52. The maximum Gasteiger partial charge on any atom is 0.0723 e. The molecule has 2 heterocycles. The van der Waals surface area contributed by atoms with Crippen molar-refractivity contribution in [1.29, 1.82) is 0 Å².